The first-order valence-electron chi connectivity index (χ1n) is 6.24. The summed E-state index contributed by atoms with van der Waals surface area (Å²) >= 11 is 0. The summed E-state index contributed by atoms with van der Waals surface area (Å²) in [5.74, 6) is 0.0198. The van der Waals surface area contributed by atoms with E-state index in [9.17, 15) is 9.59 Å². The highest BCUT2D eigenvalue weighted by Gasteiger charge is 2.30. The summed E-state index contributed by atoms with van der Waals surface area (Å²) in [6, 6.07) is 7.09. The van der Waals surface area contributed by atoms with E-state index in [2.05, 4.69) is 0 Å². The monoisotopic (exact) mass is 246 g/mol. The molecule has 1 aromatic rings. The molecule has 0 unspecified atom stereocenters. The fourth-order valence-corrected chi connectivity index (χ4v) is 1.69. The van der Waals surface area contributed by atoms with Crippen LogP contribution < -0.4 is 0 Å². The summed E-state index contributed by atoms with van der Waals surface area (Å²) < 4.78 is 0. The number of benzene rings is 1. The molecular formula is C16H22O2. The standard InChI is InChI=1S/C16H22O2/c1-15(2,3)13(17)11-9-7-8-10-12(11)14(18)16(4,5)6/h7-10H,1-6H3. The first-order chi connectivity index (χ1) is 8.05. The fourth-order valence-electron chi connectivity index (χ4n) is 1.69. The highest BCUT2D eigenvalue weighted by molar-refractivity contribution is 6.11. The maximum absolute atomic E-state index is 12.4. The molecule has 0 fully saturated rings. The third kappa shape index (κ3) is 3.06. The SMILES string of the molecule is CC(C)(C)C(=O)c1ccccc1C(=O)C(C)(C)C. The van der Waals surface area contributed by atoms with Gasteiger partial charge in [-0.05, 0) is 0 Å². The Morgan fingerprint density at radius 1 is 0.722 bits per heavy atom. The van der Waals surface area contributed by atoms with Gasteiger partial charge in [0.05, 0.1) is 0 Å². The quantitative estimate of drug-likeness (QED) is 0.735. The fraction of sp³-hybridized carbons (Fsp3) is 0.500. The number of hydrogen-bond acceptors (Lipinski definition) is 2. The molecule has 0 N–H and O–H groups in total. The average molecular weight is 246 g/mol. The Hall–Kier alpha value is -1.44. The Labute approximate surface area is 109 Å². The highest BCUT2D eigenvalue weighted by atomic mass is 16.1. The molecule has 2 nitrogen and oxygen atoms in total. The van der Waals surface area contributed by atoms with Crippen molar-refractivity contribution in [2.45, 2.75) is 41.5 Å². The first kappa shape index (κ1) is 14.6. The zero-order valence-corrected chi connectivity index (χ0v) is 12.1. The van der Waals surface area contributed by atoms with Gasteiger partial charge in [0.25, 0.3) is 0 Å². The first-order valence-corrected chi connectivity index (χ1v) is 6.24. The number of carbonyl (C=O) groups is 2. The van der Waals surface area contributed by atoms with Crippen LogP contribution in [0.5, 0.6) is 0 Å². The molecular weight excluding hydrogens is 224 g/mol. The van der Waals surface area contributed by atoms with E-state index in [1.165, 1.54) is 0 Å². The largest absolute Gasteiger partial charge is 0.294 e. The molecule has 18 heavy (non-hydrogen) atoms. The molecule has 0 aliphatic carbocycles. The molecule has 98 valence electrons. The molecule has 0 heterocycles. The number of hydrogen-bond donors (Lipinski definition) is 0. The van der Waals surface area contributed by atoms with Gasteiger partial charge in [-0.1, -0.05) is 65.8 Å². The van der Waals surface area contributed by atoms with E-state index in [0.29, 0.717) is 11.1 Å². The van der Waals surface area contributed by atoms with Gasteiger partial charge in [-0.25, -0.2) is 0 Å². The summed E-state index contributed by atoms with van der Waals surface area (Å²) in [5, 5.41) is 0. The lowest BCUT2D eigenvalue weighted by Crippen LogP contribution is -2.26. The normalized spacial score (nSPS) is 12.3. The van der Waals surface area contributed by atoms with Gasteiger partial charge >= 0.3 is 0 Å². The van der Waals surface area contributed by atoms with Gasteiger partial charge < -0.3 is 0 Å². The van der Waals surface area contributed by atoms with Crippen LogP contribution in [-0.4, -0.2) is 11.6 Å². The maximum atomic E-state index is 12.4. The van der Waals surface area contributed by atoms with Crippen molar-refractivity contribution in [2.75, 3.05) is 0 Å². The molecule has 0 aliphatic rings. The lowest BCUT2D eigenvalue weighted by molar-refractivity contribution is 0.0823. The lowest BCUT2D eigenvalue weighted by atomic mass is 9.79. The summed E-state index contributed by atoms with van der Waals surface area (Å²) in [4.78, 5) is 24.7. The molecule has 0 radical (unpaired) electrons. The van der Waals surface area contributed by atoms with Crippen LogP contribution in [0, 0.1) is 10.8 Å². The van der Waals surface area contributed by atoms with E-state index < -0.39 is 10.8 Å². The number of ketones is 2. The highest BCUT2D eigenvalue weighted by Crippen LogP contribution is 2.27. The Kier molecular flexibility index (Phi) is 3.80. The average Bonchev–Trinajstić information content (AvgIpc) is 2.24. The minimum absolute atomic E-state index is 0.00991. The second-order valence-electron chi connectivity index (χ2n) is 6.70. The molecule has 0 saturated heterocycles. The van der Waals surface area contributed by atoms with E-state index in [-0.39, 0.29) is 11.6 Å². The van der Waals surface area contributed by atoms with E-state index >= 15 is 0 Å². The molecule has 2 heteroatoms. The van der Waals surface area contributed by atoms with Gasteiger partial charge in [-0.3, -0.25) is 9.59 Å². The molecule has 0 aliphatic heterocycles. The van der Waals surface area contributed by atoms with Gasteiger partial charge in [0.1, 0.15) is 0 Å². The van der Waals surface area contributed by atoms with Crippen LogP contribution in [0.25, 0.3) is 0 Å². The zero-order valence-electron chi connectivity index (χ0n) is 12.1. The topological polar surface area (TPSA) is 34.1 Å². The second kappa shape index (κ2) is 4.68. The van der Waals surface area contributed by atoms with Gasteiger partial charge in [-0.15, -0.1) is 0 Å². The van der Waals surface area contributed by atoms with Crippen molar-refractivity contribution in [2.24, 2.45) is 10.8 Å². The van der Waals surface area contributed by atoms with E-state index in [1.54, 1.807) is 24.3 Å². The molecule has 0 spiro atoms. The Bertz CT molecular complexity index is 426. The van der Waals surface area contributed by atoms with Crippen LogP contribution in [0.3, 0.4) is 0 Å². The molecule has 1 rings (SSSR count). The Morgan fingerprint density at radius 3 is 1.22 bits per heavy atom. The number of rotatable bonds is 2. The molecule has 0 amide bonds. The summed E-state index contributed by atoms with van der Waals surface area (Å²) in [5.41, 5.74) is 0.109. The van der Waals surface area contributed by atoms with Crippen molar-refractivity contribution in [3.8, 4) is 0 Å². The van der Waals surface area contributed by atoms with Gasteiger partial charge in [0, 0.05) is 22.0 Å². The summed E-state index contributed by atoms with van der Waals surface area (Å²) in [7, 11) is 0. The molecule has 0 atom stereocenters. The molecule has 0 saturated carbocycles. The van der Waals surface area contributed by atoms with Crippen LogP contribution >= 0.6 is 0 Å². The van der Waals surface area contributed by atoms with Crippen molar-refractivity contribution >= 4 is 11.6 Å². The van der Waals surface area contributed by atoms with Crippen molar-refractivity contribution in [3.05, 3.63) is 35.4 Å². The van der Waals surface area contributed by atoms with Crippen molar-refractivity contribution < 1.29 is 9.59 Å². The predicted molar refractivity (Wildman–Crippen MR) is 74.0 cm³/mol. The second-order valence-corrected chi connectivity index (χ2v) is 6.70. The summed E-state index contributed by atoms with van der Waals surface area (Å²) in [6.45, 7) is 11.2. The van der Waals surface area contributed by atoms with E-state index in [1.807, 2.05) is 41.5 Å². The smallest absolute Gasteiger partial charge is 0.168 e. The van der Waals surface area contributed by atoms with Gasteiger partial charge in [0.15, 0.2) is 11.6 Å². The van der Waals surface area contributed by atoms with E-state index in [0.717, 1.165) is 0 Å². The Morgan fingerprint density at radius 2 is 1.00 bits per heavy atom. The minimum Gasteiger partial charge on any atom is -0.294 e. The minimum atomic E-state index is -0.478. The zero-order chi connectivity index (χ0) is 14.1. The van der Waals surface area contributed by atoms with Crippen molar-refractivity contribution in [1.82, 2.24) is 0 Å². The number of carbonyl (C=O) groups excluding carboxylic acids is 2. The van der Waals surface area contributed by atoms with E-state index in [4.69, 9.17) is 0 Å². The Balaban J connectivity index is 3.33. The molecule has 0 aromatic heterocycles. The van der Waals surface area contributed by atoms with Crippen molar-refractivity contribution in [1.29, 1.82) is 0 Å². The van der Waals surface area contributed by atoms with Gasteiger partial charge in [-0.2, -0.15) is 0 Å². The maximum Gasteiger partial charge on any atom is 0.168 e. The predicted octanol–water partition coefficient (Wildman–Crippen LogP) is 4.14. The lowest BCUT2D eigenvalue weighted by Gasteiger charge is -2.22. The van der Waals surface area contributed by atoms with Crippen LogP contribution in [0.2, 0.25) is 0 Å². The van der Waals surface area contributed by atoms with Crippen LogP contribution in [0.15, 0.2) is 24.3 Å². The van der Waals surface area contributed by atoms with Crippen LogP contribution in [-0.2, 0) is 0 Å². The molecule has 1 aromatic carbocycles. The van der Waals surface area contributed by atoms with Crippen LogP contribution in [0.4, 0.5) is 0 Å². The van der Waals surface area contributed by atoms with Crippen LogP contribution in [0.1, 0.15) is 62.3 Å². The third-order valence-corrected chi connectivity index (χ3v) is 2.78. The molecule has 0 bridgehead atoms. The third-order valence-electron chi connectivity index (χ3n) is 2.78. The van der Waals surface area contributed by atoms with Crippen molar-refractivity contribution in [3.63, 3.8) is 0 Å². The van der Waals surface area contributed by atoms with Gasteiger partial charge in [0.2, 0.25) is 0 Å². The summed E-state index contributed by atoms with van der Waals surface area (Å²) in [6.07, 6.45) is 0. The number of Topliss-reactive ketones (excluding diaryl/α,β-unsaturated/α-hetero) is 2.